The molecule has 1 amide bonds. The fourth-order valence-electron chi connectivity index (χ4n) is 3.07. The highest BCUT2D eigenvalue weighted by molar-refractivity contribution is 6.18. The van der Waals surface area contributed by atoms with E-state index in [1.54, 1.807) is 0 Å². The summed E-state index contributed by atoms with van der Waals surface area (Å²) in [6, 6.07) is 0. The van der Waals surface area contributed by atoms with E-state index < -0.39 is 0 Å². The Hall–Kier alpha value is -0.240. The first kappa shape index (κ1) is 12.2. The van der Waals surface area contributed by atoms with Crippen LogP contribution in [0.15, 0.2) is 0 Å². The van der Waals surface area contributed by atoms with Gasteiger partial charge in [-0.15, -0.1) is 11.6 Å². The predicted molar refractivity (Wildman–Crippen MR) is 66.6 cm³/mol. The van der Waals surface area contributed by atoms with Crippen molar-refractivity contribution in [1.29, 1.82) is 0 Å². The lowest BCUT2D eigenvalue weighted by molar-refractivity contribution is -0.127. The number of carbonyl (C=O) groups is 1. The highest BCUT2D eigenvalue weighted by Gasteiger charge is 2.36. The Bertz CT molecular complexity index is 242. The van der Waals surface area contributed by atoms with Crippen molar-refractivity contribution in [3.05, 3.63) is 0 Å². The minimum Gasteiger partial charge on any atom is -0.349 e. The first-order valence-electron chi connectivity index (χ1n) is 6.64. The molecule has 0 atom stereocenters. The molecular formula is C13H22ClNO. The van der Waals surface area contributed by atoms with Gasteiger partial charge in [0.2, 0.25) is 5.91 Å². The molecule has 2 aliphatic rings. The highest BCUT2D eigenvalue weighted by atomic mass is 35.5. The molecule has 0 unspecified atom stereocenters. The second-order valence-electron chi connectivity index (χ2n) is 5.45. The molecule has 2 rings (SSSR count). The van der Waals surface area contributed by atoms with Crippen LogP contribution in [0, 0.1) is 5.92 Å². The average Bonchev–Trinajstić information content (AvgIpc) is 2.79. The van der Waals surface area contributed by atoms with Crippen LogP contribution in [-0.2, 0) is 4.79 Å². The van der Waals surface area contributed by atoms with Crippen molar-refractivity contribution >= 4 is 17.5 Å². The molecule has 92 valence electrons. The van der Waals surface area contributed by atoms with Crippen LogP contribution >= 0.6 is 11.6 Å². The maximum atomic E-state index is 12.1. The van der Waals surface area contributed by atoms with E-state index in [2.05, 4.69) is 5.32 Å². The van der Waals surface area contributed by atoms with E-state index in [0.29, 0.717) is 5.88 Å². The van der Waals surface area contributed by atoms with Crippen LogP contribution in [0.5, 0.6) is 0 Å². The summed E-state index contributed by atoms with van der Waals surface area (Å²) in [5, 5.41) is 3.24. The van der Waals surface area contributed by atoms with Gasteiger partial charge in [-0.25, -0.2) is 0 Å². The van der Waals surface area contributed by atoms with Gasteiger partial charge >= 0.3 is 0 Å². The lowest BCUT2D eigenvalue weighted by atomic mass is 9.87. The van der Waals surface area contributed by atoms with Gasteiger partial charge in [-0.3, -0.25) is 4.79 Å². The van der Waals surface area contributed by atoms with Gasteiger partial charge in [0, 0.05) is 11.8 Å². The molecule has 0 spiro atoms. The van der Waals surface area contributed by atoms with Crippen molar-refractivity contribution in [2.75, 3.05) is 5.88 Å². The summed E-state index contributed by atoms with van der Waals surface area (Å²) in [7, 11) is 0. The maximum absolute atomic E-state index is 12.1. The molecule has 16 heavy (non-hydrogen) atoms. The van der Waals surface area contributed by atoms with Crippen molar-refractivity contribution in [2.45, 2.75) is 63.3 Å². The van der Waals surface area contributed by atoms with E-state index in [4.69, 9.17) is 11.6 Å². The zero-order chi connectivity index (χ0) is 11.4. The van der Waals surface area contributed by atoms with E-state index in [1.165, 1.54) is 32.1 Å². The van der Waals surface area contributed by atoms with Gasteiger partial charge in [0.1, 0.15) is 0 Å². The van der Waals surface area contributed by atoms with E-state index >= 15 is 0 Å². The Morgan fingerprint density at radius 1 is 1.12 bits per heavy atom. The zero-order valence-corrected chi connectivity index (χ0v) is 10.7. The molecule has 3 heteroatoms. The molecule has 2 nitrogen and oxygen atoms in total. The number of amides is 1. The molecule has 0 saturated heterocycles. The van der Waals surface area contributed by atoms with Crippen LogP contribution in [-0.4, -0.2) is 17.3 Å². The highest BCUT2D eigenvalue weighted by Crippen LogP contribution is 2.32. The van der Waals surface area contributed by atoms with Gasteiger partial charge in [0.05, 0.1) is 5.54 Å². The van der Waals surface area contributed by atoms with Gasteiger partial charge in [0.15, 0.2) is 0 Å². The first-order valence-corrected chi connectivity index (χ1v) is 7.17. The summed E-state index contributed by atoms with van der Waals surface area (Å²) in [5.41, 5.74) is -0.0733. The minimum absolute atomic E-state index is 0.0733. The standard InChI is InChI=1S/C13H22ClNO/c14-10-13(8-4-5-9-13)15-12(16)11-6-2-1-3-7-11/h11H,1-10H2,(H,15,16). The second kappa shape index (κ2) is 5.39. The van der Waals surface area contributed by atoms with E-state index in [9.17, 15) is 4.79 Å². The SMILES string of the molecule is O=C(NC1(CCl)CCCC1)C1CCCCC1. The van der Waals surface area contributed by atoms with Crippen LogP contribution < -0.4 is 5.32 Å². The van der Waals surface area contributed by atoms with Crippen LogP contribution in [0.4, 0.5) is 0 Å². The fraction of sp³-hybridized carbons (Fsp3) is 0.923. The Morgan fingerprint density at radius 3 is 2.31 bits per heavy atom. The number of nitrogens with one attached hydrogen (secondary N) is 1. The first-order chi connectivity index (χ1) is 7.76. The topological polar surface area (TPSA) is 29.1 Å². The number of alkyl halides is 1. The summed E-state index contributed by atoms with van der Waals surface area (Å²) in [5.74, 6) is 1.10. The summed E-state index contributed by atoms with van der Waals surface area (Å²) in [4.78, 5) is 12.1. The van der Waals surface area contributed by atoms with Crippen LogP contribution in [0.3, 0.4) is 0 Å². The lowest BCUT2D eigenvalue weighted by Crippen LogP contribution is -2.50. The van der Waals surface area contributed by atoms with Crippen LogP contribution in [0.2, 0.25) is 0 Å². The van der Waals surface area contributed by atoms with Gasteiger partial charge < -0.3 is 5.32 Å². The zero-order valence-electron chi connectivity index (χ0n) is 9.93. The molecule has 0 bridgehead atoms. The molecule has 0 aromatic heterocycles. The number of hydrogen-bond donors (Lipinski definition) is 1. The largest absolute Gasteiger partial charge is 0.349 e. The smallest absolute Gasteiger partial charge is 0.223 e. The molecule has 2 aliphatic carbocycles. The Kier molecular flexibility index (Phi) is 4.12. The maximum Gasteiger partial charge on any atom is 0.223 e. The van der Waals surface area contributed by atoms with E-state index in [0.717, 1.165) is 25.7 Å². The van der Waals surface area contributed by atoms with Crippen molar-refractivity contribution < 1.29 is 4.79 Å². The third-order valence-corrected chi connectivity index (χ3v) is 4.69. The quantitative estimate of drug-likeness (QED) is 0.758. The monoisotopic (exact) mass is 243 g/mol. The van der Waals surface area contributed by atoms with Crippen LogP contribution in [0.1, 0.15) is 57.8 Å². The molecular weight excluding hydrogens is 222 g/mol. The molecule has 2 saturated carbocycles. The number of hydrogen-bond acceptors (Lipinski definition) is 1. The third-order valence-electron chi connectivity index (χ3n) is 4.18. The third kappa shape index (κ3) is 2.71. The van der Waals surface area contributed by atoms with Crippen molar-refractivity contribution in [3.8, 4) is 0 Å². The number of carbonyl (C=O) groups excluding carboxylic acids is 1. The number of halogens is 1. The molecule has 1 N–H and O–H groups in total. The van der Waals surface area contributed by atoms with E-state index in [1.807, 2.05) is 0 Å². The fourth-order valence-corrected chi connectivity index (χ4v) is 3.41. The molecule has 0 aromatic rings. The van der Waals surface area contributed by atoms with E-state index in [-0.39, 0.29) is 17.4 Å². The summed E-state index contributed by atoms with van der Waals surface area (Å²) >= 11 is 6.03. The molecule has 2 fully saturated rings. The predicted octanol–water partition coefficient (Wildman–Crippen LogP) is 3.23. The number of rotatable bonds is 3. The minimum atomic E-state index is -0.0733. The Labute approximate surface area is 103 Å². The van der Waals surface area contributed by atoms with Gasteiger partial charge in [-0.05, 0) is 25.7 Å². The van der Waals surface area contributed by atoms with Gasteiger partial charge in [0.25, 0.3) is 0 Å². The summed E-state index contributed by atoms with van der Waals surface area (Å²) in [6.45, 7) is 0. The Morgan fingerprint density at radius 2 is 1.75 bits per heavy atom. The van der Waals surface area contributed by atoms with Gasteiger partial charge in [-0.2, -0.15) is 0 Å². The van der Waals surface area contributed by atoms with Crippen molar-refractivity contribution in [3.63, 3.8) is 0 Å². The normalized spacial score (nSPS) is 25.6. The Balaban J connectivity index is 1.89. The summed E-state index contributed by atoms with van der Waals surface area (Å²) < 4.78 is 0. The molecule has 0 heterocycles. The van der Waals surface area contributed by atoms with Crippen LogP contribution in [0.25, 0.3) is 0 Å². The molecule has 0 aromatic carbocycles. The average molecular weight is 244 g/mol. The summed E-state index contributed by atoms with van der Waals surface area (Å²) in [6.07, 6.45) is 10.4. The lowest BCUT2D eigenvalue weighted by Gasteiger charge is -2.31. The molecule has 0 radical (unpaired) electrons. The molecule has 0 aliphatic heterocycles. The second-order valence-corrected chi connectivity index (χ2v) is 5.71. The van der Waals surface area contributed by atoms with Crippen molar-refractivity contribution in [2.24, 2.45) is 5.92 Å². The van der Waals surface area contributed by atoms with Gasteiger partial charge in [-0.1, -0.05) is 32.1 Å². The van der Waals surface area contributed by atoms with Crippen molar-refractivity contribution in [1.82, 2.24) is 5.32 Å².